The molecule has 0 aliphatic carbocycles. The second-order valence-corrected chi connectivity index (χ2v) is 6.21. The Bertz CT molecular complexity index is 480. The van der Waals surface area contributed by atoms with Crippen molar-refractivity contribution in [3.05, 3.63) is 37.9 Å². The molecule has 2 rings (SSSR count). The molecule has 2 heterocycles. The standard InChI is InChI=1S/C10H10IN3OS/c1-14(5-7-3-12-13-4-7)10(15)8-2-9(11)16-6-8/h2-4,6H,5H2,1H3,(H,12,13). The maximum Gasteiger partial charge on any atom is 0.254 e. The fourth-order valence-corrected chi connectivity index (χ4v) is 2.67. The highest BCUT2D eigenvalue weighted by Crippen LogP contribution is 2.18. The summed E-state index contributed by atoms with van der Waals surface area (Å²) in [5.74, 6) is 0.0420. The molecule has 2 aromatic rings. The lowest BCUT2D eigenvalue weighted by Gasteiger charge is -2.14. The minimum Gasteiger partial charge on any atom is -0.337 e. The van der Waals surface area contributed by atoms with Crippen molar-refractivity contribution in [1.82, 2.24) is 15.1 Å². The molecule has 0 aliphatic heterocycles. The van der Waals surface area contributed by atoms with Crippen LogP contribution in [0.25, 0.3) is 0 Å². The topological polar surface area (TPSA) is 49.0 Å². The zero-order valence-electron chi connectivity index (χ0n) is 8.61. The summed E-state index contributed by atoms with van der Waals surface area (Å²) in [6.07, 6.45) is 3.52. The average Bonchev–Trinajstić information content (AvgIpc) is 2.88. The lowest BCUT2D eigenvalue weighted by atomic mass is 10.2. The quantitative estimate of drug-likeness (QED) is 0.867. The van der Waals surface area contributed by atoms with Crippen LogP contribution in [0.5, 0.6) is 0 Å². The Balaban J connectivity index is 2.05. The normalized spacial score (nSPS) is 10.4. The molecule has 2 aromatic heterocycles. The smallest absolute Gasteiger partial charge is 0.254 e. The van der Waals surface area contributed by atoms with Gasteiger partial charge in [0.2, 0.25) is 0 Å². The maximum atomic E-state index is 12.0. The molecule has 0 spiro atoms. The molecule has 0 radical (unpaired) electrons. The van der Waals surface area contributed by atoms with Crippen LogP contribution in [0.1, 0.15) is 15.9 Å². The SMILES string of the molecule is CN(Cc1cn[nH]c1)C(=O)c1csc(I)c1. The van der Waals surface area contributed by atoms with E-state index in [4.69, 9.17) is 0 Å². The van der Waals surface area contributed by atoms with Gasteiger partial charge in [-0.1, -0.05) is 0 Å². The molecule has 0 bridgehead atoms. The van der Waals surface area contributed by atoms with E-state index in [1.807, 2.05) is 11.4 Å². The first kappa shape index (κ1) is 11.6. The fourth-order valence-electron chi connectivity index (χ4n) is 1.35. The Hall–Kier alpha value is -0.890. The first-order valence-electron chi connectivity index (χ1n) is 4.64. The van der Waals surface area contributed by atoms with Crippen LogP contribution in [0.4, 0.5) is 0 Å². The number of hydrogen-bond donors (Lipinski definition) is 1. The molecule has 0 aliphatic rings. The van der Waals surface area contributed by atoms with E-state index in [0.717, 1.165) is 14.0 Å². The van der Waals surface area contributed by atoms with E-state index in [9.17, 15) is 4.79 Å². The summed E-state index contributed by atoms with van der Waals surface area (Å²) in [5, 5.41) is 8.47. The zero-order chi connectivity index (χ0) is 11.5. The van der Waals surface area contributed by atoms with Gasteiger partial charge in [0.15, 0.2) is 0 Å². The molecule has 0 fully saturated rings. The highest BCUT2D eigenvalue weighted by atomic mass is 127. The fraction of sp³-hybridized carbons (Fsp3) is 0.200. The van der Waals surface area contributed by atoms with Gasteiger partial charge in [-0.3, -0.25) is 9.89 Å². The van der Waals surface area contributed by atoms with Crippen LogP contribution < -0.4 is 0 Å². The van der Waals surface area contributed by atoms with Crippen LogP contribution in [0.15, 0.2) is 23.8 Å². The van der Waals surface area contributed by atoms with Crippen molar-refractivity contribution in [2.45, 2.75) is 6.54 Å². The number of hydrogen-bond acceptors (Lipinski definition) is 3. The van der Waals surface area contributed by atoms with E-state index in [1.54, 1.807) is 35.7 Å². The van der Waals surface area contributed by atoms with Crippen LogP contribution in [0.2, 0.25) is 0 Å². The number of amides is 1. The largest absolute Gasteiger partial charge is 0.337 e. The lowest BCUT2D eigenvalue weighted by Crippen LogP contribution is -2.25. The summed E-state index contributed by atoms with van der Waals surface area (Å²) in [6.45, 7) is 0.571. The van der Waals surface area contributed by atoms with Crippen molar-refractivity contribution in [2.24, 2.45) is 0 Å². The Morgan fingerprint density at radius 1 is 1.69 bits per heavy atom. The molecule has 0 saturated carbocycles. The van der Waals surface area contributed by atoms with Crippen molar-refractivity contribution >= 4 is 39.8 Å². The Morgan fingerprint density at radius 2 is 2.50 bits per heavy atom. The summed E-state index contributed by atoms with van der Waals surface area (Å²) in [6, 6.07) is 1.90. The molecule has 0 aromatic carbocycles. The van der Waals surface area contributed by atoms with Gasteiger partial charge in [0.05, 0.1) is 14.6 Å². The third-order valence-electron chi connectivity index (χ3n) is 2.14. The number of nitrogens with zero attached hydrogens (tertiary/aromatic N) is 2. The molecular formula is C10H10IN3OS. The first-order valence-corrected chi connectivity index (χ1v) is 6.60. The Labute approximate surface area is 111 Å². The maximum absolute atomic E-state index is 12.0. The highest BCUT2D eigenvalue weighted by molar-refractivity contribution is 14.1. The van der Waals surface area contributed by atoms with Gasteiger partial charge in [-0.05, 0) is 28.7 Å². The Kier molecular flexibility index (Phi) is 3.59. The van der Waals surface area contributed by atoms with Gasteiger partial charge in [-0.25, -0.2) is 0 Å². The van der Waals surface area contributed by atoms with Crippen molar-refractivity contribution < 1.29 is 4.79 Å². The lowest BCUT2D eigenvalue weighted by molar-refractivity contribution is 0.0785. The van der Waals surface area contributed by atoms with Crippen LogP contribution >= 0.6 is 33.9 Å². The van der Waals surface area contributed by atoms with Gasteiger partial charge >= 0.3 is 0 Å². The number of aromatic amines is 1. The molecule has 0 atom stereocenters. The summed E-state index contributed by atoms with van der Waals surface area (Å²) in [4.78, 5) is 13.7. The number of carbonyl (C=O) groups is 1. The van der Waals surface area contributed by atoms with E-state index in [0.29, 0.717) is 6.54 Å². The van der Waals surface area contributed by atoms with E-state index >= 15 is 0 Å². The zero-order valence-corrected chi connectivity index (χ0v) is 11.6. The van der Waals surface area contributed by atoms with E-state index < -0.39 is 0 Å². The number of carbonyl (C=O) groups excluding carboxylic acids is 1. The van der Waals surface area contributed by atoms with Crippen molar-refractivity contribution in [2.75, 3.05) is 7.05 Å². The molecule has 1 amide bonds. The predicted octanol–water partition coefficient (Wildman–Crippen LogP) is 2.35. The third kappa shape index (κ3) is 2.62. The summed E-state index contributed by atoms with van der Waals surface area (Å²) < 4.78 is 1.12. The second kappa shape index (κ2) is 4.96. The van der Waals surface area contributed by atoms with Crippen LogP contribution in [0.3, 0.4) is 0 Å². The van der Waals surface area contributed by atoms with Crippen LogP contribution in [-0.4, -0.2) is 28.1 Å². The Morgan fingerprint density at radius 3 is 3.06 bits per heavy atom. The number of rotatable bonds is 3. The molecular weight excluding hydrogens is 337 g/mol. The van der Waals surface area contributed by atoms with Crippen LogP contribution in [0, 0.1) is 2.88 Å². The van der Waals surface area contributed by atoms with Gasteiger partial charge in [0.1, 0.15) is 0 Å². The van der Waals surface area contributed by atoms with Gasteiger partial charge < -0.3 is 4.90 Å². The second-order valence-electron chi connectivity index (χ2n) is 3.41. The monoisotopic (exact) mass is 347 g/mol. The molecule has 4 nitrogen and oxygen atoms in total. The number of nitrogens with one attached hydrogen (secondary N) is 1. The molecule has 6 heteroatoms. The minimum absolute atomic E-state index is 0.0420. The first-order chi connectivity index (χ1) is 7.66. The van der Waals surface area contributed by atoms with Gasteiger partial charge in [0.25, 0.3) is 5.91 Å². The van der Waals surface area contributed by atoms with Crippen molar-refractivity contribution in [1.29, 1.82) is 0 Å². The highest BCUT2D eigenvalue weighted by Gasteiger charge is 2.13. The molecule has 1 N–H and O–H groups in total. The number of thiophene rings is 1. The molecule has 0 saturated heterocycles. The van der Waals surface area contributed by atoms with Crippen molar-refractivity contribution in [3.8, 4) is 0 Å². The summed E-state index contributed by atoms with van der Waals surface area (Å²) >= 11 is 3.79. The van der Waals surface area contributed by atoms with Gasteiger partial charge in [-0.15, -0.1) is 11.3 Å². The molecule has 0 unspecified atom stereocenters. The summed E-state index contributed by atoms with van der Waals surface area (Å²) in [5.41, 5.74) is 1.75. The molecule has 84 valence electrons. The van der Waals surface area contributed by atoms with Gasteiger partial charge in [0, 0.05) is 30.7 Å². The van der Waals surface area contributed by atoms with E-state index in [-0.39, 0.29) is 5.91 Å². The van der Waals surface area contributed by atoms with Crippen LogP contribution in [-0.2, 0) is 6.54 Å². The van der Waals surface area contributed by atoms with E-state index in [1.165, 1.54) is 0 Å². The van der Waals surface area contributed by atoms with Gasteiger partial charge in [-0.2, -0.15) is 5.10 Å². The summed E-state index contributed by atoms with van der Waals surface area (Å²) in [7, 11) is 1.79. The average molecular weight is 347 g/mol. The van der Waals surface area contributed by atoms with E-state index in [2.05, 4.69) is 32.8 Å². The number of aromatic nitrogens is 2. The predicted molar refractivity (Wildman–Crippen MR) is 71.4 cm³/mol. The number of halogens is 1. The third-order valence-corrected chi connectivity index (χ3v) is 3.92. The van der Waals surface area contributed by atoms with Crippen molar-refractivity contribution in [3.63, 3.8) is 0 Å². The molecule has 16 heavy (non-hydrogen) atoms. The minimum atomic E-state index is 0.0420. The number of H-pyrrole nitrogens is 1.